The number of aliphatic hydroxyl groups is 1. The molecule has 0 saturated heterocycles. The fraction of sp³-hybridized carbons (Fsp3) is 0.647. The second-order valence-electron chi connectivity index (χ2n) is 7.76. The molecule has 1 aromatic carbocycles. The van der Waals surface area contributed by atoms with Crippen LogP contribution < -0.4 is 0 Å². The van der Waals surface area contributed by atoms with E-state index < -0.39 is 5.60 Å². The summed E-state index contributed by atoms with van der Waals surface area (Å²) in [5.74, 6) is 0. The van der Waals surface area contributed by atoms with Crippen LogP contribution in [-0.2, 0) is 11.0 Å². The molecule has 0 aliphatic heterocycles. The lowest BCUT2D eigenvalue weighted by Gasteiger charge is -2.33. The first kappa shape index (κ1) is 15.2. The Morgan fingerprint density at radius 2 is 1.17 bits per heavy atom. The van der Waals surface area contributed by atoms with E-state index in [0.717, 1.165) is 12.0 Å². The SMILES string of the molecule is CC(C)(C)CC(C)(C)c1ccc(C(C)(C)O)cc1. The third-order valence-electron chi connectivity index (χ3n) is 3.35. The zero-order valence-corrected chi connectivity index (χ0v) is 13.0. The second-order valence-corrected chi connectivity index (χ2v) is 7.76. The summed E-state index contributed by atoms with van der Waals surface area (Å²) in [6.07, 6.45) is 1.14. The average Bonchev–Trinajstić information content (AvgIpc) is 2.13. The summed E-state index contributed by atoms with van der Waals surface area (Å²) in [6, 6.07) is 8.39. The fourth-order valence-corrected chi connectivity index (χ4v) is 2.76. The van der Waals surface area contributed by atoms with Gasteiger partial charge in [-0.1, -0.05) is 58.9 Å². The number of benzene rings is 1. The molecule has 0 aliphatic rings. The van der Waals surface area contributed by atoms with E-state index in [-0.39, 0.29) is 5.41 Å². The molecule has 1 rings (SSSR count). The highest BCUT2D eigenvalue weighted by Crippen LogP contribution is 2.36. The van der Waals surface area contributed by atoms with E-state index in [1.54, 1.807) is 0 Å². The van der Waals surface area contributed by atoms with Crippen LogP contribution in [0, 0.1) is 5.41 Å². The van der Waals surface area contributed by atoms with E-state index in [9.17, 15) is 5.11 Å². The first-order chi connectivity index (χ1) is 7.92. The maximum Gasteiger partial charge on any atom is 0.0840 e. The molecule has 0 spiro atoms. The highest BCUT2D eigenvalue weighted by Gasteiger charge is 2.27. The van der Waals surface area contributed by atoms with Crippen LogP contribution in [-0.4, -0.2) is 5.11 Å². The summed E-state index contributed by atoms with van der Waals surface area (Å²) in [4.78, 5) is 0. The number of hydrogen-bond acceptors (Lipinski definition) is 1. The molecule has 1 N–H and O–H groups in total. The van der Waals surface area contributed by atoms with Crippen LogP contribution in [0.4, 0.5) is 0 Å². The largest absolute Gasteiger partial charge is 0.386 e. The fourth-order valence-electron chi connectivity index (χ4n) is 2.76. The van der Waals surface area contributed by atoms with Crippen molar-refractivity contribution in [2.45, 2.75) is 65.9 Å². The van der Waals surface area contributed by atoms with Gasteiger partial charge in [0.15, 0.2) is 0 Å². The van der Waals surface area contributed by atoms with Gasteiger partial charge in [-0.3, -0.25) is 0 Å². The topological polar surface area (TPSA) is 20.2 Å². The number of rotatable bonds is 3. The lowest BCUT2D eigenvalue weighted by atomic mass is 9.72. The van der Waals surface area contributed by atoms with Crippen molar-refractivity contribution in [3.63, 3.8) is 0 Å². The monoisotopic (exact) mass is 248 g/mol. The average molecular weight is 248 g/mol. The predicted octanol–water partition coefficient (Wildman–Crippen LogP) is 4.63. The second kappa shape index (κ2) is 4.70. The lowest BCUT2D eigenvalue weighted by Crippen LogP contribution is -2.25. The summed E-state index contributed by atoms with van der Waals surface area (Å²) in [6.45, 7) is 15.1. The Balaban J connectivity index is 2.98. The molecule has 0 aliphatic carbocycles. The predicted molar refractivity (Wildman–Crippen MR) is 78.8 cm³/mol. The normalized spacial score (nSPS) is 13.8. The van der Waals surface area contributed by atoms with E-state index in [1.165, 1.54) is 5.56 Å². The molecular weight excluding hydrogens is 220 g/mol. The first-order valence-corrected chi connectivity index (χ1v) is 6.75. The molecular formula is C17H28O. The van der Waals surface area contributed by atoms with Gasteiger partial charge in [-0.25, -0.2) is 0 Å². The van der Waals surface area contributed by atoms with Crippen LogP contribution in [0.3, 0.4) is 0 Å². The molecule has 0 saturated carbocycles. The summed E-state index contributed by atoms with van der Waals surface area (Å²) in [7, 11) is 0. The molecule has 0 amide bonds. The molecule has 0 aromatic heterocycles. The highest BCUT2D eigenvalue weighted by molar-refractivity contribution is 5.30. The van der Waals surface area contributed by atoms with Gasteiger partial charge in [-0.05, 0) is 42.2 Å². The van der Waals surface area contributed by atoms with Crippen LogP contribution in [0.25, 0.3) is 0 Å². The van der Waals surface area contributed by atoms with Crippen LogP contribution in [0.1, 0.15) is 66.0 Å². The van der Waals surface area contributed by atoms with Gasteiger partial charge in [0.05, 0.1) is 5.60 Å². The van der Waals surface area contributed by atoms with Crippen LogP contribution in [0.2, 0.25) is 0 Å². The van der Waals surface area contributed by atoms with Crippen molar-refractivity contribution in [2.75, 3.05) is 0 Å². The zero-order valence-electron chi connectivity index (χ0n) is 13.0. The van der Waals surface area contributed by atoms with Gasteiger partial charge in [0.1, 0.15) is 0 Å². The molecule has 0 bridgehead atoms. The van der Waals surface area contributed by atoms with Crippen molar-refractivity contribution < 1.29 is 5.11 Å². The molecule has 0 heterocycles. The molecule has 0 unspecified atom stereocenters. The van der Waals surface area contributed by atoms with Crippen molar-refractivity contribution in [1.29, 1.82) is 0 Å². The van der Waals surface area contributed by atoms with Crippen molar-refractivity contribution in [3.05, 3.63) is 35.4 Å². The zero-order chi connectivity index (χ0) is 14.2. The van der Waals surface area contributed by atoms with E-state index >= 15 is 0 Å². The van der Waals surface area contributed by atoms with Gasteiger partial charge in [0, 0.05) is 0 Å². The van der Waals surface area contributed by atoms with Gasteiger partial charge in [0.25, 0.3) is 0 Å². The summed E-state index contributed by atoms with van der Waals surface area (Å²) < 4.78 is 0. The van der Waals surface area contributed by atoms with Crippen LogP contribution >= 0.6 is 0 Å². The standard InChI is InChI=1S/C17H28O/c1-15(2,3)12-16(4,5)13-8-10-14(11-9-13)17(6,7)18/h8-11,18H,12H2,1-7H3. The van der Waals surface area contributed by atoms with Crippen molar-refractivity contribution in [2.24, 2.45) is 5.41 Å². The van der Waals surface area contributed by atoms with E-state index in [2.05, 4.69) is 46.8 Å². The highest BCUT2D eigenvalue weighted by atomic mass is 16.3. The van der Waals surface area contributed by atoms with Crippen molar-refractivity contribution in [3.8, 4) is 0 Å². The molecule has 0 fully saturated rings. The molecule has 0 radical (unpaired) electrons. The van der Waals surface area contributed by atoms with Crippen molar-refractivity contribution in [1.82, 2.24) is 0 Å². The van der Waals surface area contributed by atoms with Gasteiger partial charge >= 0.3 is 0 Å². The maximum absolute atomic E-state index is 9.97. The molecule has 18 heavy (non-hydrogen) atoms. The Bertz CT molecular complexity index is 385. The Morgan fingerprint density at radius 1 is 0.778 bits per heavy atom. The van der Waals surface area contributed by atoms with Gasteiger partial charge in [-0.15, -0.1) is 0 Å². The number of hydrogen-bond donors (Lipinski definition) is 1. The molecule has 102 valence electrons. The van der Waals surface area contributed by atoms with Gasteiger partial charge in [-0.2, -0.15) is 0 Å². The quantitative estimate of drug-likeness (QED) is 0.827. The Hall–Kier alpha value is -0.820. The van der Waals surface area contributed by atoms with E-state index in [4.69, 9.17) is 0 Å². The van der Waals surface area contributed by atoms with Crippen LogP contribution in [0.5, 0.6) is 0 Å². The lowest BCUT2D eigenvalue weighted by molar-refractivity contribution is 0.0785. The molecule has 0 atom stereocenters. The molecule has 1 aromatic rings. The van der Waals surface area contributed by atoms with Gasteiger partial charge < -0.3 is 5.11 Å². The summed E-state index contributed by atoms with van der Waals surface area (Å²) in [5.41, 5.74) is 2.03. The van der Waals surface area contributed by atoms with Crippen LogP contribution in [0.15, 0.2) is 24.3 Å². The molecule has 1 nitrogen and oxygen atoms in total. The van der Waals surface area contributed by atoms with E-state index in [1.807, 2.05) is 26.0 Å². The minimum absolute atomic E-state index is 0.163. The molecule has 1 heteroatoms. The van der Waals surface area contributed by atoms with Gasteiger partial charge in [0.2, 0.25) is 0 Å². The third-order valence-corrected chi connectivity index (χ3v) is 3.35. The maximum atomic E-state index is 9.97. The minimum atomic E-state index is -0.757. The minimum Gasteiger partial charge on any atom is -0.386 e. The Morgan fingerprint density at radius 3 is 1.50 bits per heavy atom. The van der Waals surface area contributed by atoms with E-state index in [0.29, 0.717) is 5.41 Å². The summed E-state index contributed by atoms with van der Waals surface area (Å²) >= 11 is 0. The smallest absolute Gasteiger partial charge is 0.0840 e. The first-order valence-electron chi connectivity index (χ1n) is 6.75. The Labute approximate surface area is 112 Å². The summed E-state index contributed by atoms with van der Waals surface area (Å²) in [5, 5.41) is 9.97. The third kappa shape index (κ3) is 4.13. The van der Waals surface area contributed by atoms with Crippen molar-refractivity contribution >= 4 is 0 Å². The Kier molecular flexibility index (Phi) is 3.97.